The number of benzene rings is 1. The number of hydrogen-bond acceptors (Lipinski definition) is 3. The highest BCUT2D eigenvalue weighted by atomic mass is 16.2. The van der Waals surface area contributed by atoms with Gasteiger partial charge in [0, 0.05) is 61.7 Å². The first-order chi connectivity index (χ1) is 12.5. The van der Waals surface area contributed by atoms with Crippen molar-refractivity contribution in [2.24, 2.45) is 0 Å². The average Bonchev–Trinajstić information content (AvgIpc) is 3.12. The molecule has 1 aromatic heterocycles. The fourth-order valence-electron chi connectivity index (χ4n) is 3.81. The predicted octanol–water partition coefficient (Wildman–Crippen LogP) is 1.73. The zero-order valence-corrected chi connectivity index (χ0v) is 14.8. The van der Waals surface area contributed by atoms with Crippen molar-refractivity contribution in [3.05, 3.63) is 35.5 Å². The fraction of sp³-hybridized carbons (Fsp3) is 0.421. The summed E-state index contributed by atoms with van der Waals surface area (Å²) in [4.78, 5) is 44.2. The van der Waals surface area contributed by atoms with Gasteiger partial charge in [0.15, 0.2) is 0 Å². The number of urea groups is 1. The summed E-state index contributed by atoms with van der Waals surface area (Å²) in [6.45, 7) is 1.74. The van der Waals surface area contributed by atoms with Crippen molar-refractivity contribution < 1.29 is 14.4 Å². The van der Waals surface area contributed by atoms with Crippen molar-refractivity contribution in [2.45, 2.75) is 25.8 Å². The first-order valence-electron chi connectivity index (χ1n) is 8.96. The molecule has 7 heteroatoms. The van der Waals surface area contributed by atoms with E-state index < -0.39 is 0 Å². The lowest BCUT2D eigenvalue weighted by atomic mass is 10.0. The van der Waals surface area contributed by atoms with E-state index in [-0.39, 0.29) is 24.4 Å². The summed E-state index contributed by atoms with van der Waals surface area (Å²) in [5.74, 6) is -0.111. The predicted molar refractivity (Wildman–Crippen MR) is 96.4 cm³/mol. The largest absolute Gasteiger partial charge is 0.358 e. The molecule has 1 aromatic carbocycles. The highest BCUT2D eigenvalue weighted by Crippen LogP contribution is 2.27. The molecule has 1 saturated heterocycles. The molecule has 0 aliphatic carbocycles. The van der Waals surface area contributed by atoms with Gasteiger partial charge >= 0.3 is 6.03 Å². The quantitative estimate of drug-likeness (QED) is 0.850. The lowest BCUT2D eigenvalue weighted by Gasteiger charge is -2.27. The molecule has 3 heterocycles. The number of para-hydroxylation sites is 1. The molecule has 4 amide bonds. The summed E-state index contributed by atoms with van der Waals surface area (Å²) in [6.07, 6.45) is 1.67. The number of carbonyl (C=O) groups is 3. The number of carbonyl (C=O) groups excluding carboxylic acids is 3. The number of amides is 4. The Labute approximate surface area is 151 Å². The van der Waals surface area contributed by atoms with Crippen molar-refractivity contribution in [1.82, 2.24) is 19.7 Å². The number of likely N-dealkylation sites (N-methyl/N-ethyl adjacent to an activating group) is 1. The number of H-pyrrole nitrogens is 1. The summed E-state index contributed by atoms with van der Waals surface area (Å²) < 4.78 is 0. The molecule has 26 heavy (non-hydrogen) atoms. The smallest absolute Gasteiger partial charge is 0.326 e. The third-order valence-electron chi connectivity index (χ3n) is 5.24. The Balaban J connectivity index is 1.36. The van der Waals surface area contributed by atoms with Crippen molar-refractivity contribution in [2.75, 3.05) is 26.7 Å². The normalized spacial score (nSPS) is 17.3. The van der Waals surface area contributed by atoms with Gasteiger partial charge in [0.25, 0.3) is 0 Å². The maximum Gasteiger partial charge on any atom is 0.326 e. The van der Waals surface area contributed by atoms with E-state index in [0.29, 0.717) is 32.5 Å². The number of fused-ring (bicyclic) bond motifs is 3. The van der Waals surface area contributed by atoms with Crippen LogP contribution in [0.15, 0.2) is 24.3 Å². The van der Waals surface area contributed by atoms with Gasteiger partial charge in [-0.3, -0.25) is 14.5 Å². The molecule has 2 aliphatic rings. The second-order valence-electron chi connectivity index (χ2n) is 6.98. The Kier molecular flexibility index (Phi) is 4.14. The molecule has 2 aliphatic heterocycles. The van der Waals surface area contributed by atoms with Crippen LogP contribution in [0.25, 0.3) is 10.9 Å². The van der Waals surface area contributed by atoms with Gasteiger partial charge in [-0.05, 0) is 12.5 Å². The van der Waals surface area contributed by atoms with E-state index >= 15 is 0 Å². The molecule has 0 saturated carbocycles. The first kappa shape index (κ1) is 16.6. The lowest BCUT2D eigenvalue weighted by Crippen LogP contribution is -2.37. The molecular formula is C19H22N4O3. The zero-order chi connectivity index (χ0) is 18.3. The molecule has 136 valence electrons. The highest BCUT2D eigenvalue weighted by molar-refractivity contribution is 6.01. The van der Waals surface area contributed by atoms with Gasteiger partial charge < -0.3 is 14.8 Å². The Hall–Kier alpha value is -2.83. The van der Waals surface area contributed by atoms with Crippen LogP contribution in [0.4, 0.5) is 4.79 Å². The summed E-state index contributed by atoms with van der Waals surface area (Å²) in [7, 11) is 1.61. The van der Waals surface area contributed by atoms with Crippen LogP contribution in [-0.2, 0) is 22.6 Å². The Morgan fingerprint density at radius 2 is 2.00 bits per heavy atom. The molecule has 1 fully saturated rings. The number of rotatable bonds is 4. The number of nitrogens with one attached hydrogen (secondary N) is 1. The van der Waals surface area contributed by atoms with E-state index in [4.69, 9.17) is 0 Å². The van der Waals surface area contributed by atoms with Crippen LogP contribution in [0.2, 0.25) is 0 Å². The molecular weight excluding hydrogens is 332 g/mol. The monoisotopic (exact) mass is 354 g/mol. The molecule has 4 rings (SSSR count). The van der Waals surface area contributed by atoms with Crippen molar-refractivity contribution in [1.29, 1.82) is 0 Å². The average molecular weight is 354 g/mol. The fourth-order valence-corrected chi connectivity index (χ4v) is 3.81. The van der Waals surface area contributed by atoms with Gasteiger partial charge in [0.05, 0.1) is 0 Å². The van der Waals surface area contributed by atoms with Crippen molar-refractivity contribution in [3.8, 4) is 0 Å². The molecule has 0 atom stereocenters. The number of aromatic amines is 1. The Morgan fingerprint density at radius 1 is 1.19 bits per heavy atom. The van der Waals surface area contributed by atoms with Crippen LogP contribution in [0.5, 0.6) is 0 Å². The standard InChI is InChI=1S/C19H22N4O3/c1-21-12-18(25)23(19(21)26)9-4-7-17(24)22-10-8-16-14(11-22)13-5-2-3-6-15(13)20-16/h2-3,5-6,20H,4,7-12H2,1H3. The van der Waals surface area contributed by atoms with Gasteiger partial charge in [-0.15, -0.1) is 0 Å². The van der Waals surface area contributed by atoms with Gasteiger partial charge in [0.1, 0.15) is 6.54 Å². The second-order valence-corrected chi connectivity index (χ2v) is 6.98. The number of aromatic nitrogens is 1. The maximum atomic E-state index is 12.6. The van der Waals surface area contributed by atoms with Crippen LogP contribution in [0.1, 0.15) is 24.1 Å². The van der Waals surface area contributed by atoms with E-state index in [2.05, 4.69) is 17.1 Å². The van der Waals surface area contributed by atoms with Crippen LogP contribution in [0.3, 0.4) is 0 Å². The van der Waals surface area contributed by atoms with Crippen molar-refractivity contribution >= 4 is 28.7 Å². The van der Waals surface area contributed by atoms with E-state index in [0.717, 1.165) is 11.9 Å². The SMILES string of the molecule is CN1CC(=O)N(CCCC(=O)N2CCc3[nH]c4ccccc4c3C2)C1=O. The summed E-state index contributed by atoms with van der Waals surface area (Å²) in [5.41, 5.74) is 3.53. The topological polar surface area (TPSA) is 76.7 Å². The Bertz CT molecular complexity index is 888. The zero-order valence-electron chi connectivity index (χ0n) is 14.8. The first-order valence-corrected chi connectivity index (χ1v) is 8.96. The molecule has 0 spiro atoms. The molecule has 2 aromatic rings. The third kappa shape index (κ3) is 2.83. The third-order valence-corrected chi connectivity index (χ3v) is 5.24. The van der Waals surface area contributed by atoms with Gasteiger partial charge in [-0.25, -0.2) is 4.79 Å². The van der Waals surface area contributed by atoms with E-state index in [1.165, 1.54) is 26.4 Å². The van der Waals surface area contributed by atoms with E-state index in [1.54, 1.807) is 7.05 Å². The number of imide groups is 1. The molecule has 0 bridgehead atoms. The van der Waals surface area contributed by atoms with Crippen LogP contribution in [0, 0.1) is 0 Å². The number of hydrogen-bond donors (Lipinski definition) is 1. The van der Waals surface area contributed by atoms with Crippen LogP contribution in [-0.4, -0.2) is 64.2 Å². The maximum absolute atomic E-state index is 12.6. The van der Waals surface area contributed by atoms with E-state index in [9.17, 15) is 14.4 Å². The van der Waals surface area contributed by atoms with E-state index in [1.807, 2.05) is 17.0 Å². The molecule has 1 N–H and O–H groups in total. The van der Waals surface area contributed by atoms with Crippen LogP contribution < -0.4 is 0 Å². The minimum absolute atomic E-state index is 0.0772. The summed E-state index contributed by atoms with van der Waals surface area (Å²) in [5, 5.41) is 1.18. The minimum Gasteiger partial charge on any atom is -0.358 e. The second kappa shape index (κ2) is 6.48. The van der Waals surface area contributed by atoms with Gasteiger partial charge in [0.2, 0.25) is 11.8 Å². The summed E-state index contributed by atoms with van der Waals surface area (Å²) >= 11 is 0. The molecule has 0 radical (unpaired) electrons. The van der Waals surface area contributed by atoms with Gasteiger partial charge in [-0.1, -0.05) is 18.2 Å². The van der Waals surface area contributed by atoms with Crippen LogP contribution >= 0.6 is 0 Å². The molecule has 7 nitrogen and oxygen atoms in total. The lowest BCUT2D eigenvalue weighted by molar-refractivity contribution is -0.132. The molecule has 0 unspecified atom stereocenters. The summed E-state index contributed by atoms with van der Waals surface area (Å²) in [6, 6.07) is 7.88. The minimum atomic E-state index is -0.274. The highest BCUT2D eigenvalue weighted by Gasteiger charge is 2.33. The van der Waals surface area contributed by atoms with Crippen molar-refractivity contribution in [3.63, 3.8) is 0 Å². The Morgan fingerprint density at radius 3 is 2.77 bits per heavy atom. The van der Waals surface area contributed by atoms with Gasteiger partial charge in [-0.2, -0.15) is 0 Å². The number of nitrogens with zero attached hydrogens (tertiary/aromatic N) is 3.